The van der Waals surface area contributed by atoms with Gasteiger partial charge in [-0.25, -0.2) is 0 Å². The summed E-state index contributed by atoms with van der Waals surface area (Å²) in [5, 5.41) is 3.40. The summed E-state index contributed by atoms with van der Waals surface area (Å²) >= 11 is 0. The van der Waals surface area contributed by atoms with E-state index in [4.69, 9.17) is 0 Å². The second kappa shape index (κ2) is 3.97. The topological polar surface area (TPSA) is 12.0 Å². The molecule has 1 heteroatoms. The predicted molar refractivity (Wildman–Crippen MR) is 49.3 cm³/mol. The molecule has 0 aromatic rings. The van der Waals surface area contributed by atoms with Crippen LogP contribution in [0.25, 0.3) is 0 Å². The molecule has 0 saturated carbocycles. The van der Waals surface area contributed by atoms with Crippen LogP contribution < -0.4 is 5.32 Å². The van der Waals surface area contributed by atoms with E-state index in [-0.39, 0.29) is 1.43 Å². The molecule has 0 aliphatic carbocycles. The van der Waals surface area contributed by atoms with E-state index in [1.54, 1.807) is 0 Å². The van der Waals surface area contributed by atoms with Crippen LogP contribution in [0.5, 0.6) is 0 Å². The van der Waals surface area contributed by atoms with Gasteiger partial charge in [0.1, 0.15) is 0 Å². The second-order valence-electron chi connectivity index (χ2n) is 4.22. The maximum absolute atomic E-state index is 3.40. The molecule has 0 bridgehead atoms. The van der Waals surface area contributed by atoms with E-state index in [0.717, 1.165) is 6.54 Å². The Morgan fingerprint density at radius 2 is 1.90 bits per heavy atom. The largest absolute Gasteiger partial charge is 0.315 e. The maximum Gasteiger partial charge on any atom is 0.00435 e. The van der Waals surface area contributed by atoms with Crippen LogP contribution in [0.3, 0.4) is 0 Å². The van der Waals surface area contributed by atoms with E-state index in [1.165, 1.54) is 6.42 Å². The first-order valence-electron chi connectivity index (χ1n) is 4.19. The Labute approximate surface area is 66.7 Å². The fourth-order valence-corrected chi connectivity index (χ4v) is 1.34. The van der Waals surface area contributed by atoms with Crippen molar-refractivity contribution in [3.8, 4) is 0 Å². The summed E-state index contributed by atoms with van der Waals surface area (Å²) in [6, 6.07) is 0.657. The van der Waals surface area contributed by atoms with Crippen LogP contribution in [-0.4, -0.2) is 12.6 Å². The summed E-state index contributed by atoms with van der Waals surface area (Å²) in [5.74, 6) is 0. The molecular weight excluding hydrogens is 122 g/mol. The van der Waals surface area contributed by atoms with E-state index in [1.807, 2.05) is 0 Å². The van der Waals surface area contributed by atoms with Crippen molar-refractivity contribution in [1.82, 2.24) is 5.32 Å². The number of hydrogen-bond donors (Lipinski definition) is 1. The normalized spacial score (nSPS) is 15.3. The SMILES string of the molecule is CCNC(C)CC(C)(C)C.[HH]. The molecule has 10 heavy (non-hydrogen) atoms. The molecule has 0 saturated heterocycles. The number of rotatable bonds is 3. The first-order valence-corrected chi connectivity index (χ1v) is 4.19. The third kappa shape index (κ3) is 6.09. The van der Waals surface area contributed by atoms with Crippen molar-refractivity contribution in [2.75, 3.05) is 6.54 Å². The third-order valence-corrected chi connectivity index (χ3v) is 1.47. The van der Waals surface area contributed by atoms with Gasteiger partial charge in [-0.05, 0) is 25.3 Å². The Kier molecular flexibility index (Phi) is 3.95. The van der Waals surface area contributed by atoms with Gasteiger partial charge in [-0.3, -0.25) is 0 Å². The first kappa shape index (κ1) is 9.96. The van der Waals surface area contributed by atoms with Gasteiger partial charge in [0.2, 0.25) is 0 Å². The standard InChI is InChI=1S/C9H21N.H2/c1-6-10-8(2)7-9(3,4)5;/h8,10H,6-7H2,1-5H3;1H. The van der Waals surface area contributed by atoms with Crippen molar-refractivity contribution in [3.63, 3.8) is 0 Å². The summed E-state index contributed by atoms with van der Waals surface area (Å²) in [7, 11) is 0. The molecule has 0 aliphatic heterocycles. The predicted octanol–water partition coefficient (Wildman–Crippen LogP) is 2.67. The molecule has 0 radical (unpaired) electrons. The van der Waals surface area contributed by atoms with Crippen molar-refractivity contribution >= 4 is 0 Å². The fraction of sp³-hybridized carbons (Fsp3) is 1.00. The summed E-state index contributed by atoms with van der Waals surface area (Å²) in [4.78, 5) is 0. The molecule has 0 fully saturated rings. The van der Waals surface area contributed by atoms with Crippen LogP contribution in [0, 0.1) is 5.41 Å². The zero-order valence-corrected chi connectivity index (χ0v) is 7.99. The lowest BCUT2D eigenvalue weighted by Gasteiger charge is -2.23. The van der Waals surface area contributed by atoms with Crippen molar-refractivity contribution < 1.29 is 1.43 Å². The fourth-order valence-electron chi connectivity index (χ4n) is 1.34. The molecule has 0 amide bonds. The summed E-state index contributed by atoms with van der Waals surface area (Å²) in [5.41, 5.74) is 0.460. The average molecular weight is 145 g/mol. The number of hydrogen-bond acceptors (Lipinski definition) is 1. The Hall–Kier alpha value is -0.0400. The summed E-state index contributed by atoms with van der Waals surface area (Å²) in [6.07, 6.45) is 1.25. The smallest absolute Gasteiger partial charge is 0.00435 e. The van der Waals surface area contributed by atoms with Crippen molar-refractivity contribution in [3.05, 3.63) is 0 Å². The highest BCUT2D eigenvalue weighted by Crippen LogP contribution is 2.20. The lowest BCUT2D eigenvalue weighted by atomic mass is 9.89. The van der Waals surface area contributed by atoms with Gasteiger partial charge >= 0.3 is 0 Å². The molecule has 0 spiro atoms. The molecule has 0 rings (SSSR count). The first-order chi connectivity index (χ1) is 4.45. The van der Waals surface area contributed by atoms with Gasteiger partial charge in [-0.2, -0.15) is 0 Å². The van der Waals surface area contributed by atoms with Crippen LogP contribution >= 0.6 is 0 Å². The Morgan fingerprint density at radius 3 is 2.20 bits per heavy atom. The van der Waals surface area contributed by atoms with Gasteiger partial charge in [0, 0.05) is 7.47 Å². The molecule has 1 N–H and O–H groups in total. The van der Waals surface area contributed by atoms with E-state index in [2.05, 4.69) is 39.9 Å². The minimum Gasteiger partial charge on any atom is -0.315 e. The van der Waals surface area contributed by atoms with E-state index >= 15 is 0 Å². The van der Waals surface area contributed by atoms with Crippen molar-refractivity contribution in [2.24, 2.45) is 5.41 Å². The van der Waals surface area contributed by atoms with Crippen LogP contribution in [0.15, 0.2) is 0 Å². The Morgan fingerprint density at radius 1 is 1.40 bits per heavy atom. The lowest BCUT2D eigenvalue weighted by molar-refractivity contribution is 0.322. The molecule has 1 unspecified atom stereocenters. The Balaban J connectivity index is 0. The molecule has 0 aromatic heterocycles. The van der Waals surface area contributed by atoms with Gasteiger partial charge in [0.25, 0.3) is 0 Å². The molecule has 1 nitrogen and oxygen atoms in total. The molecule has 0 heterocycles. The molecule has 0 aromatic carbocycles. The van der Waals surface area contributed by atoms with Crippen molar-refractivity contribution in [2.45, 2.75) is 47.1 Å². The minimum absolute atomic E-state index is 0. The van der Waals surface area contributed by atoms with E-state index in [9.17, 15) is 0 Å². The van der Waals surface area contributed by atoms with Gasteiger partial charge in [-0.15, -0.1) is 0 Å². The zero-order chi connectivity index (χ0) is 8.20. The van der Waals surface area contributed by atoms with Crippen molar-refractivity contribution in [1.29, 1.82) is 0 Å². The zero-order valence-electron chi connectivity index (χ0n) is 7.99. The molecule has 64 valence electrons. The van der Waals surface area contributed by atoms with Crippen LogP contribution in [0.4, 0.5) is 0 Å². The highest BCUT2D eigenvalue weighted by Gasteiger charge is 2.13. The maximum atomic E-state index is 3.40. The summed E-state index contributed by atoms with van der Waals surface area (Å²) in [6.45, 7) is 12.3. The lowest BCUT2D eigenvalue weighted by Crippen LogP contribution is -2.29. The van der Waals surface area contributed by atoms with Gasteiger partial charge in [0.15, 0.2) is 0 Å². The van der Waals surface area contributed by atoms with Crippen LogP contribution in [-0.2, 0) is 0 Å². The number of nitrogens with one attached hydrogen (secondary N) is 1. The van der Waals surface area contributed by atoms with Gasteiger partial charge in [0.05, 0.1) is 0 Å². The highest BCUT2D eigenvalue weighted by molar-refractivity contribution is 4.69. The molecule has 0 aliphatic rings. The monoisotopic (exact) mass is 145 g/mol. The second-order valence-corrected chi connectivity index (χ2v) is 4.22. The molecule has 1 atom stereocenters. The summed E-state index contributed by atoms with van der Waals surface area (Å²) < 4.78 is 0. The van der Waals surface area contributed by atoms with Gasteiger partial charge in [-0.1, -0.05) is 27.7 Å². The average Bonchev–Trinajstić information content (AvgIpc) is 1.59. The molecular formula is C9H23N. The van der Waals surface area contributed by atoms with Gasteiger partial charge < -0.3 is 5.32 Å². The Bertz CT molecular complexity index is 86.1. The van der Waals surface area contributed by atoms with E-state index < -0.39 is 0 Å². The van der Waals surface area contributed by atoms with Crippen LogP contribution in [0.2, 0.25) is 0 Å². The highest BCUT2D eigenvalue weighted by atomic mass is 14.9. The minimum atomic E-state index is 0. The third-order valence-electron chi connectivity index (χ3n) is 1.47. The van der Waals surface area contributed by atoms with Crippen LogP contribution in [0.1, 0.15) is 42.5 Å². The quantitative estimate of drug-likeness (QED) is 0.644. The van der Waals surface area contributed by atoms with E-state index in [0.29, 0.717) is 11.5 Å².